The van der Waals surface area contributed by atoms with Gasteiger partial charge in [0, 0.05) is 23.6 Å². The van der Waals surface area contributed by atoms with Crippen molar-refractivity contribution in [3.63, 3.8) is 0 Å². The van der Waals surface area contributed by atoms with E-state index in [1.165, 1.54) is 12.1 Å². The second-order valence-corrected chi connectivity index (χ2v) is 6.52. The van der Waals surface area contributed by atoms with Gasteiger partial charge in [-0.2, -0.15) is 0 Å². The van der Waals surface area contributed by atoms with Gasteiger partial charge >= 0.3 is 11.6 Å². The maximum atomic E-state index is 12.9. The van der Waals surface area contributed by atoms with Crippen LogP contribution in [0.1, 0.15) is 66.2 Å². The van der Waals surface area contributed by atoms with Crippen LogP contribution in [0.5, 0.6) is 0 Å². The van der Waals surface area contributed by atoms with Crippen molar-refractivity contribution < 1.29 is 23.9 Å². The summed E-state index contributed by atoms with van der Waals surface area (Å²) in [6, 6.07) is 6.07. The highest BCUT2D eigenvalue weighted by molar-refractivity contribution is 6.42. The van der Waals surface area contributed by atoms with E-state index in [0.29, 0.717) is 0 Å². The Balaban J connectivity index is 1.97. The molecule has 0 saturated heterocycles. The molecule has 0 heterocycles. The van der Waals surface area contributed by atoms with Crippen LogP contribution in [0.2, 0.25) is 0 Å². The summed E-state index contributed by atoms with van der Waals surface area (Å²) in [6.45, 7) is 1.55. The molecule has 2 aliphatic carbocycles. The number of ketones is 2. The number of rotatable bonds is 4. The summed E-state index contributed by atoms with van der Waals surface area (Å²) in [7, 11) is 0. The van der Waals surface area contributed by atoms with Gasteiger partial charge in [0.05, 0.1) is 0 Å². The van der Waals surface area contributed by atoms with Gasteiger partial charge in [-0.25, -0.2) is 0 Å². The summed E-state index contributed by atoms with van der Waals surface area (Å²) < 4.78 is 5.21. The minimum atomic E-state index is -2.42. The average Bonchev–Trinajstić information content (AvgIpc) is 2.85. The number of fused-ring (bicyclic) bond motifs is 1. The molecule has 0 spiro atoms. The molecular formula is C19H21NO5. The normalized spacial score (nSPS) is 19.4. The van der Waals surface area contributed by atoms with E-state index >= 15 is 0 Å². The summed E-state index contributed by atoms with van der Waals surface area (Å²) in [6.07, 6.45) is 4.61. The van der Waals surface area contributed by atoms with Gasteiger partial charge in [-0.1, -0.05) is 50.5 Å². The first-order chi connectivity index (χ1) is 12.0. The standard InChI is InChI=1S/C19H21NO5/c1-2-15(21)25-19(18(24)20-12-8-4-3-5-9-12)16(22)13-10-6-7-11-14(13)17(19)23/h6-7,10-12H,2-5,8-9H2,1H3,(H,20,24). The zero-order valence-corrected chi connectivity index (χ0v) is 14.2. The third kappa shape index (κ3) is 2.86. The first-order valence-corrected chi connectivity index (χ1v) is 8.72. The third-order valence-electron chi connectivity index (χ3n) is 4.87. The summed E-state index contributed by atoms with van der Waals surface area (Å²) in [4.78, 5) is 50.7. The molecule has 2 aliphatic rings. The lowest BCUT2D eigenvalue weighted by Crippen LogP contribution is -2.59. The largest absolute Gasteiger partial charge is 0.432 e. The quantitative estimate of drug-likeness (QED) is 0.669. The van der Waals surface area contributed by atoms with E-state index in [9.17, 15) is 19.2 Å². The molecule has 132 valence electrons. The van der Waals surface area contributed by atoms with Crippen molar-refractivity contribution in [1.29, 1.82) is 0 Å². The van der Waals surface area contributed by atoms with Crippen LogP contribution in [0.4, 0.5) is 0 Å². The first kappa shape index (κ1) is 17.3. The number of esters is 1. The summed E-state index contributed by atoms with van der Waals surface area (Å²) in [5, 5.41) is 2.77. The van der Waals surface area contributed by atoms with Crippen molar-refractivity contribution >= 4 is 23.4 Å². The average molecular weight is 343 g/mol. The molecule has 6 nitrogen and oxygen atoms in total. The van der Waals surface area contributed by atoms with E-state index in [1.807, 2.05) is 0 Å². The predicted octanol–water partition coefficient (Wildman–Crippen LogP) is 2.21. The molecule has 1 aromatic rings. The van der Waals surface area contributed by atoms with E-state index in [1.54, 1.807) is 19.1 Å². The lowest BCUT2D eigenvalue weighted by Gasteiger charge is -2.29. The molecule has 1 N–H and O–H groups in total. The molecule has 1 saturated carbocycles. The van der Waals surface area contributed by atoms with E-state index < -0.39 is 29.0 Å². The Hall–Kier alpha value is -2.50. The number of carbonyl (C=O) groups is 4. The van der Waals surface area contributed by atoms with Gasteiger partial charge in [0.1, 0.15) is 0 Å². The Morgan fingerprint density at radius 3 is 2.16 bits per heavy atom. The van der Waals surface area contributed by atoms with Gasteiger partial charge in [-0.15, -0.1) is 0 Å². The number of ether oxygens (including phenoxy) is 1. The van der Waals surface area contributed by atoms with Crippen LogP contribution in [0, 0.1) is 0 Å². The van der Waals surface area contributed by atoms with E-state index in [2.05, 4.69) is 5.32 Å². The monoisotopic (exact) mass is 343 g/mol. The zero-order chi connectivity index (χ0) is 18.0. The predicted molar refractivity (Wildman–Crippen MR) is 89.2 cm³/mol. The van der Waals surface area contributed by atoms with Crippen molar-refractivity contribution in [2.24, 2.45) is 0 Å². The molecule has 0 atom stereocenters. The zero-order valence-electron chi connectivity index (χ0n) is 14.2. The van der Waals surface area contributed by atoms with Crippen LogP contribution < -0.4 is 5.32 Å². The molecule has 0 bridgehead atoms. The van der Waals surface area contributed by atoms with Gasteiger partial charge in [0.25, 0.3) is 5.91 Å². The molecule has 1 aromatic carbocycles. The van der Waals surface area contributed by atoms with Crippen molar-refractivity contribution in [2.75, 3.05) is 0 Å². The minimum Gasteiger partial charge on any atom is -0.432 e. The van der Waals surface area contributed by atoms with E-state index in [4.69, 9.17) is 4.74 Å². The van der Waals surface area contributed by atoms with Gasteiger partial charge in [-0.3, -0.25) is 19.2 Å². The topological polar surface area (TPSA) is 89.5 Å². The maximum Gasteiger partial charge on any atom is 0.313 e. The lowest BCUT2D eigenvalue weighted by atomic mass is 9.92. The van der Waals surface area contributed by atoms with Crippen LogP contribution in [0.25, 0.3) is 0 Å². The molecule has 0 radical (unpaired) electrons. The number of hydrogen-bond donors (Lipinski definition) is 1. The Labute approximate surface area is 145 Å². The van der Waals surface area contributed by atoms with Crippen molar-refractivity contribution in [3.05, 3.63) is 35.4 Å². The SMILES string of the molecule is CCC(=O)OC1(C(=O)NC2CCCCC2)C(=O)c2ccccc2C1=O. The molecule has 6 heteroatoms. The van der Waals surface area contributed by atoms with Gasteiger partial charge in [0.15, 0.2) is 0 Å². The van der Waals surface area contributed by atoms with Crippen molar-refractivity contribution in [3.8, 4) is 0 Å². The van der Waals surface area contributed by atoms with Crippen LogP contribution in [-0.2, 0) is 14.3 Å². The number of hydrogen-bond acceptors (Lipinski definition) is 5. The summed E-state index contributed by atoms with van der Waals surface area (Å²) in [5.41, 5.74) is -2.18. The maximum absolute atomic E-state index is 12.9. The molecule has 1 amide bonds. The van der Waals surface area contributed by atoms with Crippen LogP contribution in [-0.4, -0.2) is 35.1 Å². The van der Waals surface area contributed by atoms with Crippen molar-refractivity contribution in [1.82, 2.24) is 5.32 Å². The second-order valence-electron chi connectivity index (χ2n) is 6.52. The van der Waals surface area contributed by atoms with Crippen LogP contribution in [0.15, 0.2) is 24.3 Å². The number of nitrogens with one attached hydrogen (secondary N) is 1. The molecular weight excluding hydrogens is 322 g/mol. The fourth-order valence-corrected chi connectivity index (χ4v) is 3.48. The number of amides is 1. The Kier molecular flexibility index (Phi) is 4.70. The second kappa shape index (κ2) is 6.78. The molecule has 0 aromatic heterocycles. The van der Waals surface area contributed by atoms with Crippen LogP contribution in [0.3, 0.4) is 0 Å². The minimum absolute atomic E-state index is 0.0324. The fourth-order valence-electron chi connectivity index (χ4n) is 3.48. The van der Waals surface area contributed by atoms with Gasteiger partial charge in [-0.05, 0) is 12.8 Å². The van der Waals surface area contributed by atoms with E-state index in [0.717, 1.165) is 32.1 Å². The smallest absolute Gasteiger partial charge is 0.313 e. The molecule has 0 aliphatic heterocycles. The molecule has 3 rings (SSSR count). The van der Waals surface area contributed by atoms with Crippen LogP contribution >= 0.6 is 0 Å². The number of carbonyl (C=O) groups excluding carboxylic acids is 4. The van der Waals surface area contributed by atoms with Gasteiger partial charge < -0.3 is 10.1 Å². The lowest BCUT2D eigenvalue weighted by molar-refractivity contribution is -0.159. The molecule has 25 heavy (non-hydrogen) atoms. The highest BCUT2D eigenvalue weighted by atomic mass is 16.6. The number of Topliss-reactive ketones (excluding diaryl/α,β-unsaturated/α-hetero) is 2. The summed E-state index contributed by atoms with van der Waals surface area (Å²) in [5.74, 6) is -3.10. The Morgan fingerprint density at radius 2 is 1.64 bits per heavy atom. The fraction of sp³-hybridized carbons (Fsp3) is 0.474. The Morgan fingerprint density at radius 1 is 1.08 bits per heavy atom. The summed E-state index contributed by atoms with van der Waals surface area (Å²) >= 11 is 0. The molecule has 0 unspecified atom stereocenters. The number of benzene rings is 1. The highest BCUT2D eigenvalue weighted by Gasteiger charge is 2.62. The third-order valence-corrected chi connectivity index (χ3v) is 4.87. The highest BCUT2D eigenvalue weighted by Crippen LogP contribution is 2.34. The van der Waals surface area contributed by atoms with Crippen molar-refractivity contribution in [2.45, 2.75) is 57.1 Å². The molecule has 1 fully saturated rings. The van der Waals surface area contributed by atoms with E-state index in [-0.39, 0.29) is 23.6 Å². The van der Waals surface area contributed by atoms with Gasteiger partial charge in [0.2, 0.25) is 11.6 Å². The Bertz CT molecular complexity index is 698. The first-order valence-electron chi connectivity index (χ1n) is 8.72.